The highest BCUT2D eigenvalue weighted by molar-refractivity contribution is 6.31. The highest BCUT2D eigenvalue weighted by atomic mass is 35.5. The average molecular weight is 362 g/mol. The summed E-state index contributed by atoms with van der Waals surface area (Å²) in [6.45, 7) is 1.27. The average Bonchev–Trinajstić information content (AvgIpc) is 3.08. The minimum Gasteiger partial charge on any atom is -0.369 e. The topological polar surface area (TPSA) is 97.0 Å². The van der Waals surface area contributed by atoms with Crippen molar-refractivity contribution in [2.45, 2.75) is 31.1 Å². The van der Waals surface area contributed by atoms with E-state index in [2.05, 4.69) is 9.97 Å². The normalized spacial score (nSPS) is 18.6. The first kappa shape index (κ1) is 16.2. The molecule has 0 atom stereocenters. The number of piperidine rings is 1. The van der Waals surface area contributed by atoms with E-state index in [9.17, 15) is 9.59 Å². The molecule has 132 valence electrons. The summed E-state index contributed by atoms with van der Waals surface area (Å²) in [7, 11) is 1.82. The molecular formula is C17H20ClN5O2. The second-order valence-corrected chi connectivity index (χ2v) is 7.44. The number of halogens is 1. The van der Waals surface area contributed by atoms with Gasteiger partial charge in [-0.25, -0.2) is 4.98 Å². The number of aryl methyl sites for hydroxylation is 1. The number of nitrogens with zero attached hydrogens (tertiary/aromatic N) is 3. The van der Waals surface area contributed by atoms with Crippen molar-refractivity contribution in [1.29, 1.82) is 0 Å². The van der Waals surface area contributed by atoms with Gasteiger partial charge in [0, 0.05) is 37.3 Å². The predicted molar refractivity (Wildman–Crippen MR) is 94.8 cm³/mol. The summed E-state index contributed by atoms with van der Waals surface area (Å²) in [5.41, 5.74) is 7.66. The van der Waals surface area contributed by atoms with Crippen molar-refractivity contribution in [3.8, 4) is 0 Å². The van der Waals surface area contributed by atoms with Crippen molar-refractivity contribution < 1.29 is 4.79 Å². The Kier molecular flexibility index (Phi) is 3.64. The molecule has 8 heteroatoms. The predicted octanol–water partition coefficient (Wildman–Crippen LogP) is 1.46. The summed E-state index contributed by atoms with van der Waals surface area (Å²) in [6, 6.07) is 1.70. The van der Waals surface area contributed by atoms with Gasteiger partial charge in [0.05, 0.1) is 10.7 Å². The SMILES string of the molecule is Cn1cc(Cl)cc1C(=O)N1CCC2(CCc3c2nc(N)[nH]c3=O)CC1. The summed E-state index contributed by atoms with van der Waals surface area (Å²) >= 11 is 5.99. The monoisotopic (exact) mass is 361 g/mol. The zero-order chi connectivity index (χ0) is 17.8. The first-order chi connectivity index (χ1) is 11.9. The summed E-state index contributed by atoms with van der Waals surface area (Å²) < 4.78 is 1.75. The van der Waals surface area contributed by atoms with Crippen LogP contribution >= 0.6 is 11.6 Å². The third-order valence-electron chi connectivity index (χ3n) is 5.59. The van der Waals surface area contributed by atoms with E-state index >= 15 is 0 Å². The van der Waals surface area contributed by atoms with Gasteiger partial charge < -0.3 is 15.2 Å². The molecule has 1 aliphatic heterocycles. The molecule has 2 aromatic heterocycles. The van der Waals surface area contributed by atoms with E-state index in [-0.39, 0.29) is 22.8 Å². The molecule has 3 N–H and O–H groups in total. The fourth-order valence-corrected chi connectivity index (χ4v) is 4.44. The van der Waals surface area contributed by atoms with Crippen molar-refractivity contribution in [3.05, 3.63) is 44.6 Å². The van der Waals surface area contributed by atoms with Crippen LogP contribution in [-0.2, 0) is 18.9 Å². The summed E-state index contributed by atoms with van der Waals surface area (Å²) in [4.78, 5) is 33.7. The van der Waals surface area contributed by atoms with Gasteiger partial charge in [0.2, 0.25) is 5.95 Å². The van der Waals surface area contributed by atoms with Gasteiger partial charge in [-0.3, -0.25) is 14.6 Å². The fraction of sp³-hybridized carbons (Fsp3) is 0.471. The molecule has 1 fully saturated rings. The van der Waals surface area contributed by atoms with Gasteiger partial charge in [-0.05, 0) is 31.7 Å². The molecule has 0 radical (unpaired) electrons. The Morgan fingerprint density at radius 3 is 2.72 bits per heavy atom. The molecule has 1 saturated heterocycles. The Morgan fingerprint density at radius 2 is 2.08 bits per heavy atom. The van der Waals surface area contributed by atoms with E-state index in [0.29, 0.717) is 23.8 Å². The van der Waals surface area contributed by atoms with Gasteiger partial charge in [-0.2, -0.15) is 0 Å². The Bertz CT molecular complexity index is 908. The first-order valence-corrected chi connectivity index (χ1v) is 8.78. The number of nitrogens with two attached hydrogens (primary N) is 1. The zero-order valence-electron chi connectivity index (χ0n) is 14.0. The number of amides is 1. The molecule has 1 amide bonds. The van der Waals surface area contributed by atoms with E-state index in [1.807, 2.05) is 11.9 Å². The van der Waals surface area contributed by atoms with Crippen molar-refractivity contribution in [1.82, 2.24) is 19.4 Å². The second kappa shape index (κ2) is 5.62. The molecule has 2 aromatic rings. The van der Waals surface area contributed by atoms with Crippen LogP contribution in [-0.4, -0.2) is 38.4 Å². The molecule has 4 rings (SSSR count). The highest BCUT2D eigenvalue weighted by Gasteiger charge is 2.44. The molecule has 0 unspecified atom stereocenters. The summed E-state index contributed by atoms with van der Waals surface area (Å²) in [5.74, 6) is 0.155. The van der Waals surface area contributed by atoms with Crippen LogP contribution in [0, 0.1) is 0 Å². The van der Waals surface area contributed by atoms with Crippen molar-refractivity contribution >= 4 is 23.5 Å². The third-order valence-corrected chi connectivity index (χ3v) is 5.79. The van der Waals surface area contributed by atoms with Crippen LogP contribution in [0.25, 0.3) is 0 Å². The van der Waals surface area contributed by atoms with Gasteiger partial charge in [0.25, 0.3) is 11.5 Å². The van der Waals surface area contributed by atoms with E-state index in [0.717, 1.165) is 36.9 Å². The maximum atomic E-state index is 12.7. The van der Waals surface area contributed by atoms with Crippen LogP contribution in [0.4, 0.5) is 5.95 Å². The lowest BCUT2D eigenvalue weighted by Gasteiger charge is -2.39. The Balaban J connectivity index is 1.56. The number of anilines is 1. The third kappa shape index (κ3) is 2.54. The van der Waals surface area contributed by atoms with Gasteiger partial charge in [-0.1, -0.05) is 11.6 Å². The van der Waals surface area contributed by atoms with Crippen molar-refractivity contribution in [2.75, 3.05) is 18.8 Å². The number of fused-ring (bicyclic) bond motifs is 2. The van der Waals surface area contributed by atoms with Crippen molar-refractivity contribution in [2.24, 2.45) is 7.05 Å². The Hall–Kier alpha value is -2.28. The number of H-pyrrole nitrogens is 1. The van der Waals surface area contributed by atoms with E-state index in [4.69, 9.17) is 17.3 Å². The standard InChI is InChI=1S/C17H20ClN5O2/c1-22-9-10(18)8-12(22)15(25)23-6-4-17(5-7-23)3-2-11-13(17)20-16(19)21-14(11)24/h8-9H,2-7H2,1H3,(H3,19,20,21,24). The number of aromatic amines is 1. The lowest BCUT2D eigenvalue weighted by atomic mass is 9.76. The van der Waals surface area contributed by atoms with Crippen LogP contribution < -0.4 is 11.3 Å². The molecule has 0 bridgehead atoms. The maximum Gasteiger partial charge on any atom is 0.270 e. The molecule has 2 aliphatic rings. The Labute approximate surface area is 149 Å². The number of rotatable bonds is 1. The lowest BCUT2D eigenvalue weighted by molar-refractivity contribution is 0.0654. The highest BCUT2D eigenvalue weighted by Crippen LogP contribution is 2.44. The van der Waals surface area contributed by atoms with Crippen molar-refractivity contribution in [3.63, 3.8) is 0 Å². The molecule has 25 heavy (non-hydrogen) atoms. The zero-order valence-corrected chi connectivity index (χ0v) is 14.8. The van der Waals surface area contributed by atoms with Gasteiger partial charge in [0.15, 0.2) is 0 Å². The number of hydrogen-bond donors (Lipinski definition) is 2. The molecule has 0 aromatic carbocycles. The summed E-state index contributed by atoms with van der Waals surface area (Å²) in [5, 5.41) is 0.558. The van der Waals surface area contributed by atoms with Crippen LogP contribution in [0.5, 0.6) is 0 Å². The first-order valence-electron chi connectivity index (χ1n) is 8.40. The minimum atomic E-state index is -0.139. The molecule has 3 heterocycles. The van der Waals surface area contributed by atoms with Crippen LogP contribution in [0.1, 0.15) is 41.0 Å². The van der Waals surface area contributed by atoms with E-state index in [1.165, 1.54) is 0 Å². The number of likely N-dealkylation sites (tertiary alicyclic amines) is 1. The number of hydrogen-bond acceptors (Lipinski definition) is 4. The largest absolute Gasteiger partial charge is 0.369 e. The number of aromatic nitrogens is 3. The van der Waals surface area contributed by atoms with E-state index in [1.54, 1.807) is 16.8 Å². The van der Waals surface area contributed by atoms with Crippen LogP contribution in [0.2, 0.25) is 5.02 Å². The molecule has 0 saturated carbocycles. The van der Waals surface area contributed by atoms with Gasteiger partial charge >= 0.3 is 0 Å². The van der Waals surface area contributed by atoms with Gasteiger partial charge in [-0.15, -0.1) is 0 Å². The lowest BCUT2D eigenvalue weighted by Crippen LogP contribution is -2.45. The molecule has 1 spiro atoms. The summed E-state index contributed by atoms with van der Waals surface area (Å²) in [6.07, 6.45) is 4.92. The number of carbonyl (C=O) groups excluding carboxylic acids is 1. The number of carbonyl (C=O) groups is 1. The smallest absolute Gasteiger partial charge is 0.270 e. The minimum absolute atomic E-state index is 0.0131. The maximum absolute atomic E-state index is 12.7. The molecule has 7 nitrogen and oxygen atoms in total. The number of nitrogens with one attached hydrogen (secondary N) is 1. The molecule has 1 aliphatic carbocycles. The second-order valence-electron chi connectivity index (χ2n) is 7.01. The van der Waals surface area contributed by atoms with E-state index < -0.39 is 0 Å². The quantitative estimate of drug-likeness (QED) is 0.803. The van der Waals surface area contributed by atoms with Crippen LogP contribution in [0.3, 0.4) is 0 Å². The Morgan fingerprint density at radius 1 is 1.36 bits per heavy atom. The van der Waals surface area contributed by atoms with Crippen LogP contribution in [0.15, 0.2) is 17.1 Å². The van der Waals surface area contributed by atoms with Gasteiger partial charge in [0.1, 0.15) is 5.69 Å². The fourth-order valence-electron chi connectivity index (χ4n) is 4.19. The number of nitrogen functional groups attached to an aromatic ring is 1. The molecular weight excluding hydrogens is 342 g/mol.